The summed E-state index contributed by atoms with van der Waals surface area (Å²) in [6.07, 6.45) is 3.10. The number of rotatable bonds is 1. The Hall–Kier alpha value is -2.09. The molecule has 2 aromatic carbocycles. The highest BCUT2D eigenvalue weighted by Crippen LogP contribution is 2.26. The van der Waals surface area contributed by atoms with E-state index in [1.807, 2.05) is 33.8 Å². The highest BCUT2D eigenvalue weighted by molar-refractivity contribution is 5.78. The van der Waals surface area contributed by atoms with Crippen LogP contribution in [0, 0.1) is 20.8 Å². The van der Waals surface area contributed by atoms with E-state index in [-0.39, 0.29) is 0 Å². The van der Waals surface area contributed by atoms with Crippen molar-refractivity contribution in [2.45, 2.75) is 61.3 Å². The fraction of sp³-hybridized carbons (Fsp3) is 0.435. The molecule has 0 saturated carbocycles. The smallest absolute Gasteiger partial charge is 0.214 e. The van der Waals surface area contributed by atoms with Gasteiger partial charge in [0.1, 0.15) is 0 Å². The minimum absolute atomic E-state index is 0.861. The van der Waals surface area contributed by atoms with Gasteiger partial charge in [0.05, 0.1) is 0 Å². The third kappa shape index (κ3) is 8.02. The van der Waals surface area contributed by atoms with Crippen LogP contribution in [-0.2, 0) is 11.2 Å². The van der Waals surface area contributed by atoms with Crippen molar-refractivity contribution in [3.8, 4) is 0 Å². The van der Waals surface area contributed by atoms with Crippen molar-refractivity contribution in [1.82, 2.24) is 0 Å². The lowest BCUT2D eigenvalue weighted by molar-refractivity contribution is -0.107. The zero-order valence-electron chi connectivity index (χ0n) is 17.1. The number of benzene rings is 2. The van der Waals surface area contributed by atoms with Crippen LogP contribution < -0.4 is 4.90 Å². The van der Waals surface area contributed by atoms with Crippen molar-refractivity contribution < 1.29 is 4.79 Å². The van der Waals surface area contributed by atoms with Gasteiger partial charge in [0.25, 0.3) is 0 Å². The minimum Gasteiger partial charge on any atom is -0.315 e. The van der Waals surface area contributed by atoms with Crippen molar-refractivity contribution >= 4 is 12.1 Å². The second-order valence-electron chi connectivity index (χ2n) is 5.69. The van der Waals surface area contributed by atoms with E-state index < -0.39 is 0 Å². The van der Waals surface area contributed by atoms with Crippen molar-refractivity contribution in [3.63, 3.8) is 0 Å². The van der Waals surface area contributed by atoms with Crippen LogP contribution in [-0.4, -0.2) is 13.0 Å². The monoisotopic (exact) mass is 341 g/mol. The summed E-state index contributed by atoms with van der Waals surface area (Å²) in [6, 6.07) is 14.7. The summed E-state index contributed by atoms with van der Waals surface area (Å²) in [5, 5.41) is 0. The average Bonchev–Trinajstić information content (AvgIpc) is 2.64. The highest BCUT2D eigenvalue weighted by Gasteiger charge is 2.15. The van der Waals surface area contributed by atoms with E-state index >= 15 is 0 Å². The van der Waals surface area contributed by atoms with Gasteiger partial charge >= 0.3 is 0 Å². The molecule has 0 aromatic heterocycles. The van der Waals surface area contributed by atoms with Crippen LogP contribution in [0.1, 0.15) is 56.4 Å². The molecule has 0 N–H and O–H groups in total. The first-order chi connectivity index (χ1) is 12.1. The van der Waals surface area contributed by atoms with Gasteiger partial charge in [-0.05, 0) is 45.2 Å². The third-order valence-electron chi connectivity index (χ3n) is 3.69. The van der Waals surface area contributed by atoms with E-state index in [2.05, 4.69) is 57.2 Å². The Morgan fingerprint density at radius 3 is 1.88 bits per heavy atom. The lowest BCUT2D eigenvalue weighted by atomic mass is 10.0. The number of anilines is 1. The zero-order valence-corrected chi connectivity index (χ0v) is 17.1. The first-order valence-corrected chi connectivity index (χ1v) is 9.45. The average molecular weight is 342 g/mol. The van der Waals surface area contributed by atoms with Gasteiger partial charge in [-0.2, -0.15) is 0 Å². The Kier molecular flexibility index (Phi) is 12.1. The van der Waals surface area contributed by atoms with E-state index in [0.29, 0.717) is 0 Å². The molecule has 2 aromatic rings. The van der Waals surface area contributed by atoms with E-state index in [1.54, 1.807) is 4.90 Å². The van der Waals surface area contributed by atoms with Crippen LogP contribution in [0.15, 0.2) is 42.5 Å². The summed E-state index contributed by atoms with van der Waals surface area (Å²) in [6.45, 7) is 15.2. The Morgan fingerprint density at radius 1 is 0.840 bits per heavy atom. The van der Waals surface area contributed by atoms with Crippen LogP contribution in [0.25, 0.3) is 0 Å². The number of hydrogen-bond donors (Lipinski definition) is 0. The molecule has 1 amide bonds. The number of nitrogens with zero attached hydrogens (tertiary/aromatic N) is 1. The SMILES string of the molecule is CC.CC.Cc1ccc2c(c1)CCCN2C=O.Cc1cccc(C)c1. The molecule has 1 aliphatic rings. The van der Waals surface area contributed by atoms with Crippen LogP contribution in [0.3, 0.4) is 0 Å². The summed E-state index contributed by atoms with van der Waals surface area (Å²) in [7, 11) is 0. The normalized spacial score (nSPS) is 11.4. The molecule has 0 saturated heterocycles. The molecular formula is C23H35NO. The fourth-order valence-corrected chi connectivity index (χ4v) is 2.67. The zero-order chi connectivity index (χ0) is 19.2. The number of carbonyl (C=O) groups is 1. The van der Waals surface area contributed by atoms with Crippen molar-refractivity contribution in [2.24, 2.45) is 0 Å². The summed E-state index contributed by atoms with van der Waals surface area (Å²) in [4.78, 5) is 12.5. The fourth-order valence-electron chi connectivity index (χ4n) is 2.67. The molecule has 0 spiro atoms. The molecule has 3 rings (SSSR count). The Bertz CT molecular complexity index is 602. The lowest BCUT2D eigenvalue weighted by Crippen LogP contribution is -2.27. The summed E-state index contributed by atoms with van der Waals surface area (Å²) >= 11 is 0. The molecule has 0 aliphatic carbocycles. The van der Waals surface area contributed by atoms with Gasteiger partial charge < -0.3 is 4.90 Å². The molecule has 138 valence electrons. The second-order valence-corrected chi connectivity index (χ2v) is 5.69. The maximum atomic E-state index is 10.7. The largest absolute Gasteiger partial charge is 0.315 e. The molecule has 0 fully saturated rings. The first kappa shape index (κ1) is 22.9. The molecular weight excluding hydrogens is 306 g/mol. The minimum atomic E-state index is 0.861. The standard InChI is InChI=1S/C11H13NO.C8H10.2C2H6/c1-9-4-5-11-10(7-9)3-2-6-12(11)8-13;1-7-4-3-5-8(2)6-7;2*1-2/h4-5,7-8H,2-3,6H2,1H3;3-6H,1-2H3;2*1-2H3. The number of amides is 1. The molecule has 25 heavy (non-hydrogen) atoms. The number of hydrogen-bond acceptors (Lipinski definition) is 1. The predicted molar refractivity (Wildman–Crippen MR) is 112 cm³/mol. The Labute approximate surface area is 154 Å². The summed E-state index contributed by atoms with van der Waals surface area (Å²) < 4.78 is 0. The molecule has 1 aliphatic heterocycles. The first-order valence-electron chi connectivity index (χ1n) is 9.45. The molecule has 0 unspecified atom stereocenters. The third-order valence-corrected chi connectivity index (χ3v) is 3.69. The molecule has 2 heteroatoms. The van der Waals surface area contributed by atoms with E-state index in [4.69, 9.17) is 0 Å². The van der Waals surface area contributed by atoms with Crippen molar-refractivity contribution in [2.75, 3.05) is 11.4 Å². The predicted octanol–water partition coefficient (Wildman–Crippen LogP) is 6.26. The van der Waals surface area contributed by atoms with Gasteiger partial charge in [-0.15, -0.1) is 0 Å². The van der Waals surface area contributed by atoms with Gasteiger partial charge in [0.15, 0.2) is 0 Å². The van der Waals surface area contributed by atoms with Crippen molar-refractivity contribution in [1.29, 1.82) is 0 Å². The lowest BCUT2D eigenvalue weighted by Gasteiger charge is -2.25. The van der Waals surface area contributed by atoms with Gasteiger partial charge in [-0.25, -0.2) is 0 Å². The Balaban J connectivity index is 0.000000414. The van der Waals surface area contributed by atoms with Gasteiger partial charge in [-0.3, -0.25) is 4.79 Å². The van der Waals surface area contributed by atoms with Crippen molar-refractivity contribution in [3.05, 3.63) is 64.7 Å². The topological polar surface area (TPSA) is 20.3 Å². The molecule has 0 atom stereocenters. The van der Waals surface area contributed by atoms with Crippen LogP contribution in [0.4, 0.5) is 5.69 Å². The van der Waals surface area contributed by atoms with Crippen LogP contribution >= 0.6 is 0 Å². The van der Waals surface area contributed by atoms with E-state index in [1.165, 1.54) is 22.3 Å². The maximum Gasteiger partial charge on any atom is 0.214 e. The summed E-state index contributed by atoms with van der Waals surface area (Å²) in [5.41, 5.74) is 6.34. The molecule has 1 heterocycles. The van der Waals surface area contributed by atoms with Gasteiger partial charge in [0.2, 0.25) is 6.41 Å². The molecule has 0 bridgehead atoms. The van der Waals surface area contributed by atoms with Crippen LogP contribution in [0.2, 0.25) is 0 Å². The van der Waals surface area contributed by atoms with Crippen LogP contribution in [0.5, 0.6) is 0 Å². The quantitative estimate of drug-likeness (QED) is 0.561. The number of aryl methyl sites for hydroxylation is 4. The second kappa shape index (κ2) is 13.2. The van der Waals surface area contributed by atoms with Gasteiger partial charge in [0, 0.05) is 12.2 Å². The number of fused-ring (bicyclic) bond motifs is 1. The Morgan fingerprint density at radius 2 is 1.40 bits per heavy atom. The van der Waals surface area contributed by atoms with Gasteiger partial charge in [-0.1, -0.05) is 80.8 Å². The van der Waals surface area contributed by atoms with E-state index in [0.717, 1.165) is 31.5 Å². The van der Waals surface area contributed by atoms with E-state index in [9.17, 15) is 4.79 Å². The highest BCUT2D eigenvalue weighted by atomic mass is 16.1. The summed E-state index contributed by atoms with van der Waals surface area (Å²) in [5.74, 6) is 0. The molecule has 2 nitrogen and oxygen atoms in total. The molecule has 0 radical (unpaired) electrons. The number of carbonyl (C=O) groups excluding carboxylic acids is 1. The maximum absolute atomic E-state index is 10.7.